The number of aryl methyl sites for hydroxylation is 3. The molecule has 0 bridgehead atoms. The van der Waals surface area contributed by atoms with Crippen molar-refractivity contribution in [3.63, 3.8) is 0 Å². The van der Waals surface area contributed by atoms with Crippen molar-refractivity contribution < 1.29 is 4.74 Å². The van der Waals surface area contributed by atoms with E-state index in [1.807, 2.05) is 42.5 Å². The van der Waals surface area contributed by atoms with Gasteiger partial charge < -0.3 is 14.6 Å². The van der Waals surface area contributed by atoms with E-state index in [0.29, 0.717) is 11.6 Å². The fraction of sp³-hybridized carbons (Fsp3) is 0.200. The van der Waals surface area contributed by atoms with Gasteiger partial charge in [0.25, 0.3) is 0 Å². The van der Waals surface area contributed by atoms with Crippen LogP contribution in [0.1, 0.15) is 35.5 Å². The summed E-state index contributed by atoms with van der Waals surface area (Å²) in [5.41, 5.74) is 7.87. The first-order chi connectivity index (χ1) is 17.7. The van der Waals surface area contributed by atoms with Crippen molar-refractivity contribution >= 4 is 28.5 Å². The summed E-state index contributed by atoms with van der Waals surface area (Å²) < 4.78 is 10.5. The van der Waals surface area contributed by atoms with Gasteiger partial charge in [0.15, 0.2) is 5.82 Å². The first-order valence-electron chi connectivity index (χ1n) is 12.4. The van der Waals surface area contributed by atoms with Gasteiger partial charge in [0.05, 0.1) is 0 Å². The monoisotopic (exact) mass is 492 g/mol. The predicted molar refractivity (Wildman–Crippen MR) is 149 cm³/mol. The van der Waals surface area contributed by atoms with Gasteiger partial charge in [0.2, 0.25) is 0 Å². The van der Waals surface area contributed by atoms with Crippen LogP contribution in [0, 0.1) is 6.92 Å². The Hall–Kier alpha value is -3.90. The highest BCUT2D eigenvalue weighted by atomic mass is 32.1. The molecule has 3 heterocycles. The van der Waals surface area contributed by atoms with E-state index in [4.69, 9.17) is 22.1 Å². The van der Waals surface area contributed by atoms with Crippen molar-refractivity contribution in [1.29, 1.82) is 0 Å². The lowest BCUT2D eigenvalue weighted by Gasteiger charge is -2.12. The Morgan fingerprint density at radius 1 is 0.972 bits per heavy atom. The van der Waals surface area contributed by atoms with Gasteiger partial charge in [0.1, 0.15) is 28.7 Å². The molecule has 1 N–H and O–H groups in total. The molecule has 1 aliphatic rings. The van der Waals surface area contributed by atoms with Gasteiger partial charge in [-0.05, 0) is 61.6 Å². The number of benzene rings is 3. The lowest BCUT2D eigenvalue weighted by atomic mass is 9.98. The number of hydrogen-bond donors (Lipinski definition) is 1. The van der Waals surface area contributed by atoms with Crippen LogP contribution < -0.4 is 10.1 Å². The molecule has 6 heteroatoms. The topological polar surface area (TPSA) is 43.5 Å². The number of para-hydroxylation sites is 1. The summed E-state index contributed by atoms with van der Waals surface area (Å²) in [5, 5.41) is 8.59. The van der Waals surface area contributed by atoms with Crippen molar-refractivity contribution in [3.8, 4) is 16.9 Å². The smallest absolute Gasteiger partial charge is 0.169 e. The summed E-state index contributed by atoms with van der Waals surface area (Å²) in [6.07, 6.45) is 3.22. The van der Waals surface area contributed by atoms with Gasteiger partial charge in [-0.1, -0.05) is 72.9 Å². The molecular formula is C30H28N4OS. The summed E-state index contributed by atoms with van der Waals surface area (Å²) in [5.74, 6) is 1.75. The molecule has 1 aliphatic heterocycles. The maximum absolute atomic E-state index is 6.12. The molecule has 0 saturated heterocycles. The standard InChI is InChI=1S/C30H28N4OS/c1-21-11-10-14-23(19-21)31-29(36)28-27(22-12-4-2-5-13-22)25-17-8-9-18-33-26(32-34(28)30(25)33)20-35-24-15-6-3-7-16-24/h2-7,10-16,19H,8-9,17-18,20H2,1H3,(H,31,36). The molecule has 0 saturated carbocycles. The first-order valence-corrected chi connectivity index (χ1v) is 12.8. The van der Waals surface area contributed by atoms with Crippen LogP contribution >= 0.6 is 12.2 Å². The van der Waals surface area contributed by atoms with Crippen LogP contribution in [0.2, 0.25) is 0 Å². The molecule has 0 spiro atoms. The molecular weight excluding hydrogens is 464 g/mol. The number of nitrogens with one attached hydrogen (secondary N) is 1. The van der Waals surface area contributed by atoms with Gasteiger partial charge in [-0.15, -0.1) is 5.10 Å². The maximum atomic E-state index is 6.12. The zero-order valence-corrected chi connectivity index (χ0v) is 21.1. The first kappa shape index (κ1) is 22.6. The second kappa shape index (κ2) is 9.63. The van der Waals surface area contributed by atoms with E-state index in [2.05, 4.69) is 63.8 Å². The number of aromatic nitrogens is 3. The van der Waals surface area contributed by atoms with Crippen LogP contribution in [0.25, 0.3) is 16.8 Å². The number of rotatable bonds is 6. The Morgan fingerprint density at radius 2 is 1.75 bits per heavy atom. The summed E-state index contributed by atoms with van der Waals surface area (Å²) in [6.45, 7) is 3.41. The second-order valence-electron chi connectivity index (χ2n) is 9.25. The van der Waals surface area contributed by atoms with E-state index in [9.17, 15) is 0 Å². The van der Waals surface area contributed by atoms with Crippen LogP contribution in [0.4, 0.5) is 5.69 Å². The fourth-order valence-electron chi connectivity index (χ4n) is 5.11. The lowest BCUT2D eigenvalue weighted by molar-refractivity contribution is 0.288. The third-order valence-electron chi connectivity index (χ3n) is 6.73. The third kappa shape index (κ3) is 4.18. The molecule has 0 aliphatic carbocycles. The molecule has 0 amide bonds. The molecule has 6 rings (SSSR count). The van der Waals surface area contributed by atoms with E-state index in [-0.39, 0.29) is 0 Å². The molecule has 5 nitrogen and oxygen atoms in total. The van der Waals surface area contributed by atoms with Gasteiger partial charge in [-0.25, -0.2) is 4.52 Å². The van der Waals surface area contributed by atoms with E-state index >= 15 is 0 Å². The maximum Gasteiger partial charge on any atom is 0.169 e. The molecule has 0 atom stereocenters. The van der Waals surface area contributed by atoms with E-state index in [1.54, 1.807) is 0 Å². The summed E-state index contributed by atoms with van der Waals surface area (Å²) >= 11 is 6.06. The van der Waals surface area contributed by atoms with E-state index < -0.39 is 0 Å². The highest BCUT2D eigenvalue weighted by Crippen LogP contribution is 2.37. The van der Waals surface area contributed by atoms with Crippen LogP contribution in [0.5, 0.6) is 5.75 Å². The second-order valence-corrected chi connectivity index (χ2v) is 9.66. The van der Waals surface area contributed by atoms with Crippen molar-refractivity contribution in [2.45, 2.75) is 39.3 Å². The van der Waals surface area contributed by atoms with Crippen molar-refractivity contribution in [3.05, 3.63) is 108 Å². The number of hydrogen-bond acceptors (Lipinski definition) is 3. The summed E-state index contributed by atoms with van der Waals surface area (Å²) in [6, 6.07) is 28.8. The average Bonchev–Trinajstić information content (AvgIpc) is 3.30. The van der Waals surface area contributed by atoms with Crippen LogP contribution in [-0.2, 0) is 19.6 Å². The summed E-state index contributed by atoms with van der Waals surface area (Å²) in [7, 11) is 0. The van der Waals surface area contributed by atoms with Crippen LogP contribution in [0.3, 0.4) is 0 Å². The molecule has 2 aromatic heterocycles. The third-order valence-corrected chi connectivity index (χ3v) is 7.02. The van der Waals surface area contributed by atoms with Gasteiger partial charge in [-0.3, -0.25) is 0 Å². The molecule has 5 aromatic rings. The van der Waals surface area contributed by atoms with Gasteiger partial charge in [0, 0.05) is 23.4 Å². The zero-order valence-electron chi connectivity index (χ0n) is 20.3. The molecule has 180 valence electrons. The molecule has 0 fully saturated rings. The molecule has 0 radical (unpaired) electrons. The van der Waals surface area contributed by atoms with Crippen molar-refractivity contribution in [2.24, 2.45) is 0 Å². The van der Waals surface area contributed by atoms with Gasteiger partial charge in [-0.2, -0.15) is 0 Å². The Balaban J connectivity index is 1.50. The number of anilines is 1. The normalized spacial score (nSPS) is 12.9. The van der Waals surface area contributed by atoms with E-state index in [0.717, 1.165) is 60.0 Å². The number of nitrogens with zero attached hydrogens (tertiary/aromatic N) is 3. The largest absolute Gasteiger partial charge is 0.486 e. The number of thiocarbonyl (C=S) groups is 1. The lowest BCUT2D eigenvalue weighted by Crippen LogP contribution is -2.15. The molecule has 36 heavy (non-hydrogen) atoms. The average molecular weight is 493 g/mol. The Labute approximate surface area is 216 Å². The van der Waals surface area contributed by atoms with Crippen molar-refractivity contribution in [1.82, 2.24) is 14.2 Å². The Kier molecular flexibility index (Phi) is 6.03. The Morgan fingerprint density at radius 3 is 2.53 bits per heavy atom. The summed E-state index contributed by atoms with van der Waals surface area (Å²) in [4.78, 5) is 0.668. The predicted octanol–water partition coefficient (Wildman–Crippen LogP) is 6.81. The molecule has 3 aromatic carbocycles. The molecule has 0 unspecified atom stereocenters. The minimum atomic E-state index is 0.406. The number of ether oxygens (including phenoxy) is 1. The minimum Gasteiger partial charge on any atom is -0.486 e. The van der Waals surface area contributed by atoms with Crippen LogP contribution in [0.15, 0.2) is 84.9 Å². The highest BCUT2D eigenvalue weighted by molar-refractivity contribution is 7.81. The fourth-order valence-corrected chi connectivity index (χ4v) is 5.42. The quantitative estimate of drug-likeness (QED) is 0.264. The van der Waals surface area contributed by atoms with Gasteiger partial charge >= 0.3 is 0 Å². The SMILES string of the molecule is Cc1cccc(NC(=S)c2c(-c3ccccc3)c3c4n(c(COc5ccccc5)nn24)CCCC3)c1. The van der Waals surface area contributed by atoms with Crippen LogP contribution in [-0.4, -0.2) is 19.2 Å². The van der Waals surface area contributed by atoms with Crippen molar-refractivity contribution in [2.75, 3.05) is 5.32 Å². The Bertz CT molecular complexity index is 1540. The highest BCUT2D eigenvalue weighted by Gasteiger charge is 2.29. The zero-order chi connectivity index (χ0) is 24.5. The van der Waals surface area contributed by atoms with E-state index in [1.165, 1.54) is 16.7 Å². The minimum absolute atomic E-state index is 0.406.